The number of nitrogens with one attached hydrogen (secondary N) is 1. The number of ether oxygens (including phenoxy) is 1. The fourth-order valence-electron chi connectivity index (χ4n) is 5.01. The van der Waals surface area contributed by atoms with Gasteiger partial charge in [-0.25, -0.2) is 8.42 Å². The number of amides is 2. The van der Waals surface area contributed by atoms with Crippen LogP contribution in [0.5, 0.6) is 5.75 Å². The molecule has 47 heavy (non-hydrogen) atoms. The topological polar surface area (TPSA) is 96.0 Å². The lowest BCUT2D eigenvalue weighted by atomic mass is 10.0. The van der Waals surface area contributed by atoms with E-state index in [4.69, 9.17) is 27.9 Å². The van der Waals surface area contributed by atoms with E-state index >= 15 is 0 Å². The number of sulfonamides is 1. The molecule has 0 aromatic heterocycles. The van der Waals surface area contributed by atoms with E-state index in [1.54, 1.807) is 49.4 Å². The molecule has 0 fully saturated rings. The fraction of sp³-hybridized carbons (Fsp3) is 0.278. The quantitative estimate of drug-likeness (QED) is 0.143. The third kappa shape index (κ3) is 9.50. The van der Waals surface area contributed by atoms with Crippen molar-refractivity contribution >= 4 is 50.7 Å². The van der Waals surface area contributed by atoms with Crippen LogP contribution in [0.3, 0.4) is 0 Å². The van der Waals surface area contributed by atoms with E-state index in [2.05, 4.69) is 5.32 Å². The van der Waals surface area contributed by atoms with E-state index in [0.717, 1.165) is 9.87 Å². The fourth-order valence-corrected chi connectivity index (χ4v) is 6.78. The molecule has 248 valence electrons. The molecule has 4 rings (SSSR count). The zero-order chi connectivity index (χ0) is 34.0. The smallest absolute Gasteiger partial charge is 0.264 e. The van der Waals surface area contributed by atoms with E-state index < -0.39 is 28.5 Å². The standard InChI is InChI=1S/C36H39Cl2N3O5S/c1-4-26(3)39-36(43)33(23-27-12-7-6-8-13-27)40(24-28-14-11-15-30(38)22-28)35(42)25-41(32-16-9-10-17-34(32)46-5-2)47(44,45)31-20-18-29(37)19-21-31/h6-22,26,33H,4-5,23-25H2,1-3H3,(H,39,43)/t26-,33-/m0/s1. The van der Waals surface area contributed by atoms with Crippen LogP contribution in [0.25, 0.3) is 0 Å². The molecule has 8 nitrogen and oxygen atoms in total. The lowest BCUT2D eigenvalue weighted by Gasteiger charge is -2.34. The molecule has 11 heteroatoms. The lowest BCUT2D eigenvalue weighted by Crippen LogP contribution is -2.54. The van der Waals surface area contributed by atoms with Crippen LogP contribution in [0.1, 0.15) is 38.3 Å². The van der Waals surface area contributed by atoms with Crippen molar-refractivity contribution < 1.29 is 22.7 Å². The molecule has 0 saturated heterocycles. The number of hydrogen-bond acceptors (Lipinski definition) is 5. The summed E-state index contributed by atoms with van der Waals surface area (Å²) in [6.45, 7) is 5.31. The maximum absolute atomic E-state index is 14.7. The van der Waals surface area contributed by atoms with Crippen LogP contribution in [0.4, 0.5) is 5.69 Å². The van der Waals surface area contributed by atoms with Gasteiger partial charge >= 0.3 is 0 Å². The van der Waals surface area contributed by atoms with E-state index in [1.807, 2.05) is 50.2 Å². The van der Waals surface area contributed by atoms with Gasteiger partial charge in [-0.3, -0.25) is 13.9 Å². The van der Waals surface area contributed by atoms with Crippen molar-refractivity contribution in [3.63, 3.8) is 0 Å². The van der Waals surface area contributed by atoms with E-state index in [1.165, 1.54) is 29.2 Å². The molecule has 0 heterocycles. The first kappa shape index (κ1) is 35.8. The zero-order valence-electron chi connectivity index (χ0n) is 26.6. The predicted molar refractivity (Wildman–Crippen MR) is 187 cm³/mol. The molecular weight excluding hydrogens is 657 g/mol. The Bertz CT molecular complexity index is 1750. The molecule has 0 unspecified atom stereocenters. The highest BCUT2D eigenvalue weighted by Crippen LogP contribution is 2.33. The molecule has 1 N–H and O–H groups in total. The summed E-state index contributed by atoms with van der Waals surface area (Å²) in [5.41, 5.74) is 1.71. The van der Waals surface area contributed by atoms with Crippen LogP contribution in [-0.2, 0) is 32.6 Å². The molecule has 2 amide bonds. The van der Waals surface area contributed by atoms with Crippen molar-refractivity contribution in [2.75, 3.05) is 17.5 Å². The molecule has 0 aliphatic rings. The van der Waals surface area contributed by atoms with Crippen molar-refractivity contribution in [2.24, 2.45) is 0 Å². The first-order valence-electron chi connectivity index (χ1n) is 15.4. The Kier molecular flexibility index (Phi) is 12.7. The van der Waals surface area contributed by atoms with Gasteiger partial charge in [0.05, 0.1) is 17.2 Å². The summed E-state index contributed by atoms with van der Waals surface area (Å²) in [7, 11) is -4.32. The SMILES string of the molecule is CCOc1ccccc1N(CC(=O)N(Cc1cccc(Cl)c1)[C@@H](Cc1ccccc1)C(=O)N[C@@H](C)CC)S(=O)(=O)c1ccc(Cl)cc1. The first-order valence-corrected chi connectivity index (χ1v) is 17.6. The Morgan fingerprint density at radius 2 is 1.49 bits per heavy atom. The number of hydrogen-bond donors (Lipinski definition) is 1. The normalized spacial score (nSPS) is 12.5. The molecule has 4 aromatic rings. The minimum atomic E-state index is -4.32. The molecule has 0 saturated carbocycles. The third-order valence-corrected chi connectivity index (χ3v) is 9.89. The molecule has 0 aliphatic heterocycles. The summed E-state index contributed by atoms with van der Waals surface area (Å²) in [5.74, 6) is -0.647. The molecular formula is C36H39Cl2N3O5S. The molecule has 0 spiro atoms. The molecule has 0 bridgehead atoms. The average Bonchev–Trinajstić information content (AvgIpc) is 3.06. The van der Waals surface area contributed by atoms with Gasteiger partial charge in [-0.05, 0) is 79.9 Å². The largest absolute Gasteiger partial charge is 0.492 e. The van der Waals surface area contributed by atoms with Crippen molar-refractivity contribution in [3.05, 3.63) is 124 Å². The van der Waals surface area contributed by atoms with Gasteiger partial charge in [-0.15, -0.1) is 0 Å². The van der Waals surface area contributed by atoms with Gasteiger partial charge in [0.25, 0.3) is 10.0 Å². The molecule has 0 aliphatic carbocycles. The van der Waals surface area contributed by atoms with Gasteiger partial charge in [0.1, 0.15) is 18.3 Å². The summed E-state index contributed by atoms with van der Waals surface area (Å²) < 4.78 is 35.4. The van der Waals surface area contributed by atoms with Crippen LogP contribution < -0.4 is 14.4 Å². The van der Waals surface area contributed by atoms with E-state index in [0.29, 0.717) is 22.0 Å². The van der Waals surface area contributed by atoms with Crippen molar-refractivity contribution in [2.45, 2.75) is 57.1 Å². The van der Waals surface area contributed by atoms with Gasteiger partial charge in [0.2, 0.25) is 11.8 Å². The minimum Gasteiger partial charge on any atom is -0.492 e. The molecule has 2 atom stereocenters. The first-order chi connectivity index (χ1) is 22.5. The zero-order valence-corrected chi connectivity index (χ0v) is 28.9. The van der Waals surface area contributed by atoms with Crippen LogP contribution in [0.15, 0.2) is 108 Å². The summed E-state index contributed by atoms with van der Waals surface area (Å²) in [6.07, 6.45) is 0.891. The van der Waals surface area contributed by atoms with Crippen LogP contribution in [0.2, 0.25) is 10.0 Å². The summed E-state index contributed by atoms with van der Waals surface area (Å²) in [4.78, 5) is 30.0. The van der Waals surface area contributed by atoms with Crippen LogP contribution in [-0.4, -0.2) is 50.4 Å². The Hall–Kier alpha value is -4.05. The molecule has 4 aromatic carbocycles. The van der Waals surface area contributed by atoms with E-state index in [9.17, 15) is 18.0 Å². The monoisotopic (exact) mass is 695 g/mol. The summed E-state index contributed by atoms with van der Waals surface area (Å²) >= 11 is 12.4. The maximum Gasteiger partial charge on any atom is 0.264 e. The number of carbonyl (C=O) groups is 2. The highest BCUT2D eigenvalue weighted by atomic mass is 35.5. The highest BCUT2D eigenvalue weighted by molar-refractivity contribution is 7.92. The van der Waals surface area contributed by atoms with Gasteiger partial charge in [0.15, 0.2) is 0 Å². The maximum atomic E-state index is 14.7. The van der Waals surface area contributed by atoms with Crippen molar-refractivity contribution in [3.8, 4) is 5.75 Å². The second-order valence-corrected chi connectivity index (χ2v) is 13.8. The Labute approximate surface area is 287 Å². The number of rotatable bonds is 15. The number of anilines is 1. The van der Waals surface area contributed by atoms with Crippen LogP contribution in [0, 0.1) is 0 Å². The number of benzene rings is 4. The minimum absolute atomic E-state index is 0.00671. The summed E-state index contributed by atoms with van der Waals surface area (Å²) in [6, 6.07) is 27.7. The second-order valence-electron chi connectivity index (χ2n) is 11.0. The number of carbonyl (C=O) groups excluding carboxylic acids is 2. The Morgan fingerprint density at radius 1 is 0.830 bits per heavy atom. The predicted octanol–water partition coefficient (Wildman–Crippen LogP) is 7.14. The lowest BCUT2D eigenvalue weighted by molar-refractivity contribution is -0.140. The third-order valence-electron chi connectivity index (χ3n) is 7.63. The number of para-hydroxylation sites is 2. The number of halogens is 2. The average molecular weight is 697 g/mol. The van der Waals surface area contributed by atoms with Gasteiger partial charge in [-0.1, -0.05) is 84.7 Å². The van der Waals surface area contributed by atoms with Crippen molar-refractivity contribution in [1.29, 1.82) is 0 Å². The van der Waals surface area contributed by atoms with Gasteiger partial charge in [-0.2, -0.15) is 0 Å². The Balaban J connectivity index is 1.84. The van der Waals surface area contributed by atoms with Crippen molar-refractivity contribution in [1.82, 2.24) is 10.2 Å². The summed E-state index contributed by atoms with van der Waals surface area (Å²) in [5, 5.41) is 3.87. The number of nitrogens with zero attached hydrogens (tertiary/aromatic N) is 2. The Morgan fingerprint density at radius 3 is 2.15 bits per heavy atom. The second kappa shape index (κ2) is 16.7. The van der Waals surface area contributed by atoms with Crippen LogP contribution >= 0.6 is 23.2 Å². The molecule has 0 radical (unpaired) electrons. The highest BCUT2D eigenvalue weighted by Gasteiger charge is 2.36. The van der Waals surface area contributed by atoms with Gasteiger partial charge in [0, 0.05) is 29.1 Å². The van der Waals surface area contributed by atoms with E-state index in [-0.39, 0.29) is 47.9 Å². The van der Waals surface area contributed by atoms with Gasteiger partial charge < -0.3 is 15.0 Å².